The lowest BCUT2D eigenvalue weighted by Gasteiger charge is -2.01. The van der Waals surface area contributed by atoms with Gasteiger partial charge in [-0.3, -0.25) is 9.59 Å². The first-order chi connectivity index (χ1) is 11.5. The fourth-order valence-corrected chi connectivity index (χ4v) is 2.18. The number of aliphatic carboxylic acids is 2. The molecule has 6 heteroatoms. The van der Waals surface area contributed by atoms with Crippen molar-refractivity contribution >= 4 is 11.9 Å². The van der Waals surface area contributed by atoms with Crippen LogP contribution in [0.1, 0.15) is 90.4 Å². The zero-order valence-electron chi connectivity index (χ0n) is 15.2. The van der Waals surface area contributed by atoms with Crippen LogP contribution in [0.5, 0.6) is 0 Å². The molecular weight excluding hydrogens is 310 g/mol. The van der Waals surface area contributed by atoms with Crippen molar-refractivity contribution in [1.29, 1.82) is 0 Å². The van der Waals surface area contributed by atoms with Gasteiger partial charge in [0.2, 0.25) is 0 Å². The van der Waals surface area contributed by atoms with E-state index in [-0.39, 0.29) is 12.8 Å². The molecule has 0 spiro atoms. The van der Waals surface area contributed by atoms with Gasteiger partial charge in [-0.25, -0.2) is 0 Å². The lowest BCUT2D eigenvalue weighted by atomic mass is 10.1. The monoisotopic (exact) mass is 347 g/mol. The third-order valence-electron chi connectivity index (χ3n) is 3.75. The lowest BCUT2D eigenvalue weighted by Crippen LogP contribution is -2.30. The van der Waals surface area contributed by atoms with Crippen LogP contribution in [0.2, 0.25) is 0 Å². The van der Waals surface area contributed by atoms with Crippen molar-refractivity contribution in [3.8, 4) is 0 Å². The van der Waals surface area contributed by atoms with Crippen LogP contribution in [0.15, 0.2) is 0 Å². The molecule has 24 heavy (non-hydrogen) atoms. The van der Waals surface area contributed by atoms with Crippen LogP contribution in [-0.4, -0.2) is 39.9 Å². The summed E-state index contributed by atoms with van der Waals surface area (Å²) < 4.78 is 0. The molecule has 1 atom stereocenters. The van der Waals surface area contributed by atoms with Crippen LogP contribution in [0.3, 0.4) is 0 Å². The standard InChI is InChI=1S/C13H28O.C5H9NO4/c1-2-3-4-5-6-7-8-9-10-11-12-13-14;6-3(5(9)10)1-2-4(7)8/h14H,2-13H2,1H3;3H,1-2,6H2,(H,7,8)(H,9,10). The van der Waals surface area contributed by atoms with Crippen molar-refractivity contribution in [1.82, 2.24) is 0 Å². The molecule has 0 heterocycles. The summed E-state index contributed by atoms with van der Waals surface area (Å²) in [4.78, 5) is 19.9. The summed E-state index contributed by atoms with van der Waals surface area (Å²) in [6.07, 6.45) is 14.5. The van der Waals surface area contributed by atoms with Crippen molar-refractivity contribution < 1.29 is 24.9 Å². The normalized spacial score (nSPS) is 11.5. The van der Waals surface area contributed by atoms with Crippen LogP contribution in [0.4, 0.5) is 0 Å². The first kappa shape index (κ1) is 25.1. The second-order valence-corrected chi connectivity index (χ2v) is 6.14. The quantitative estimate of drug-likeness (QED) is 0.336. The fraction of sp³-hybridized carbons (Fsp3) is 0.889. The summed E-state index contributed by atoms with van der Waals surface area (Å²) in [5, 5.41) is 24.9. The Morgan fingerprint density at radius 2 is 1.25 bits per heavy atom. The SMILES string of the molecule is CCCCCCCCCCCCCO.NC(CCC(=O)O)C(=O)O. The highest BCUT2D eigenvalue weighted by Gasteiger charge is 2.12. The first-order valence-electron chi connectivity index (χ1n) is 9.26. The molecule has 0 aromatic heterocycles. The average molecular weight is 347 g/mol. The zero-order chi connectivity index (χ0) is 18.6. The summed E-state index contributed by atoms with van der Waals surface area (Å²) in [7, 11) is 0. The third-order valence-corrected chi connectivity index (χ3v) is 3.75. The number of carboxylic acids is 2. The van der Waals surface area contributed by atoms with Gasteiger partial charge >= 0.3 is 11.9 Å². The van der Waals surface area contributed by atoms with Gasteiger partial charge in [0.05, 0.1) is 0 Å². The summed E-state index contributed by atoms with van der Waals surface area (Å²) >= 11 is 0. The van der Waals surface area contributed by atoms with Crippen molar-refractivity contribution in [3.63, 3.8) is 0 Å². The summed E-state index contributed by atoms with van der Waals surface area (Å²) in [6, 6.07) is -1.06. The molecule has 144 valence electrons. The fourth-order valence-electron chi connectivity index (χ4n) is 2.18. The lowest BCUT2D eigenvalue weighted by molar-refractivity contribution is -0.139. The van der Waals surface area contributed by atoms with Crippen LogP contribution in [0.25, 0.3) is 0 Å². The molecule has 0 bridgehead atoms. The van der Waals surface area contributed by atoms with Gasteiger partial charge in [0, 0.05) is 13.0 Å². The Balaban J connectivity index is 0. The Hall–Kier alpha value is -1.14. The molecular formula is C18H37NO5. The molecule has 0 radical (unpaired) electrons. The number of unbranched alkanes of at least 4 members (excludes halogenated alkanes) is 10. The minimum atomic E-state index is -1.17. The van der Waals surface area contributed by atoms with Gasteiger partial charge in [-0.1, -0.05) is 71.1 Å². The minimum absolute atomic E-state index is 0.0231. The van der Waals surface area contributed by atoms with Crippen LogP contribution >= 0.6 is 0 Å². The minimum Gasteiger partial charge on any atom is -0.481 e. The van der Waals surface area contributed by atoms with Gasteiger partial charge < -0.3 is 21.1 Å². The van der Waals surface area contributed by atoms with E-state index in [1.54, 1.807) is 0 Å². The molecule has 0 aliphatic heterocycles. The number of aliphatic hydroxyl groups excluding tert-OH is 1. The second-order valence-electron chi connectivity index (χ2n) is 6.14. The summed E-state index contributed by atoms with van der Waals surface area (Å²) in [6.45, 7) is 2.64. The maximum atomic E-state index is 9.99. The highest BCUT2D eigenvalue weighted by Crippen LogP contribution is 2.10. The molecule has 0 saturated carbocycles. The van der Waals surface area contributed by atoms with E-state index < -0.39 is 18.0 Å². The maximum absolute atomic E-state index is 9.99. The number of carbonyl (C=O) groups is 2. The highest BCUT2D eigenvalue weighted by atomic mass is 16.4. The highest BCUT2D eigenvalue weighted by molar-refractivity contribution is 5.74. The van der Waals surface area contributed by atoms with Crippen molar-refractivity contribution in [3.05, 3.63) is 0 Å². The van der Waals surface area contributed by atoms with E-state index in [2.05, 4.69) is 6.92 Å². The smallest absolute Gasteiger partial charge is 0.320 e. The second kappa shape index (κ2) is 19.9. The molecule has 0 aliphatic rings. The molecule has 0 aliphatic carbocycles. The van der Waals surface area contributed by atoms with E-state index in [0.29, 0.717) is 6.61 Å². The number of carboxylic acid groups (broad SMARTS) is 2. The Bertz CT molecular complexity index is 285. The van der Waals surface area contributed by atoms with E-state index in [4.69, 9.17) is 21.1 Å². The molecule has 0 fully saturated rings. The predicted octanol–water partition coefficient (Wildman–Crippen LogP) is 3.55. The zero-order valence-corrected chi connectivity index (χ0v) is 15.2. The van der Waals surface area contributed by atoms with Gasteiger partial charge in [-0.05, 0) is 12.8 Å². The number of hydrogen-bond acceptors (Lipinski definition) is 4. The molecule has 0 aromatic carbocycles. The molecule has 1 unspecified atom stereocenters. The topological polar surface area (TPSA) is 121 Å². The summed E-state index contributed by atoms with van der Waals surface area (Å²) in [5.74, 6) is -2.20. The van der Waals surface area contributed by atoms with Gasteiger partial charge in [0.1, 0.15) is 6.04 Å². The maximum Gasteiger partial charge on any atom is 0.320 e. The van der Waals surface area contributed by atoms with Crippen molar-refractivity contribution in [2.24, 2.45) is 5.73 Å². The largest absolute Gasteiger partial charge is 0.481 e. The third kappa shape index (κ3) is 23.1. The number of aliphatic hydroxyl groups is 1. The Labute approximate surface area is 146 Å². The van der Waals surface area contributed by atoms with E-state index in [0.717, 1.165) is 6.42 Å². The number of nitrogens with two attached hydrogens (primary N) is 1. The van der Waals surface area contributed by atoms with E-state index in [9.17, 15) is 9.59 Å². The average Bonchev–Trinajstić information content (AvgIpc) is 2.55. The van der Waals surface area contributed by atoms with Crippen molar-refractivity contribution in [2.45, 2.75) is 96.4 Å². The van der Waals surface area contributed by atoms with E-state index in [1.807, 2.05) is 0 Å². The van der Waals surface area contributed by atoms with Gasteiger partial charge in [-0.15, -0.1) is 0 Å². The molecule has 0 amide bonds. The van der Waals surface area contributed by atoms with Gasteiger partial charge in [-0.2, -0.15) is 0 Å². The van der Waals surface area contributed by atoms with Crippen LogP contribution in [-0.2, 0) is 9.59 Å². The molecule has 6 nitrogen and oxygen atoms in total. The van der Waals surface area contributed by atoms with E-state index >= 15 is 0 Å². The Morgan fingerprint density at radius 1 is 0.833 bits per heavy atom. The van der Waals surface area contributed by atoms with Crippen LogP contribution in [0, 0.1) is 0 Å². The first-order valence-corrected chi connectivity index (χ1v) is 9.26. The number of rotatable bonds is 15. The van der Waals surface area contributed by atoms with Gasteiger partial charge in [0.15, 0.2) is 0 Å². The molecule has 5 N–H and O–H groups in total. The predicted molar refractivity (Wildman–Crippen MR) is 96.0 cm³/mol. The van der Waals surface area contributed by atoms with E-state index in [1.165, 1.54) is 64.2 Å². The Morgan fingerprint density at radius 3 is 1.58 bits per heavy atom. The van der Waals surface area contributed by atoms with Gasteiger partial charge in [0.25, 0.3) is 0 Å². The molecule has 0 saturated heterocycles. The number of hydrogen-bond donors (Lipinski definition) is 4. The molecule has 0 aromatic rings. The van der Waals surface area contributed by atoms with Crippen LogP contribution < -0.4 is 5.73 Å². The summed E-state index contributed by atoms with van der Waals surface area (Å²) in [5.41, 5.74) is 5.00. The Kier molecular flexibility index (Phi) is 20.8. The molecule has 0 rings (SSSR count). The van der Waals surface area contributed by atoms with Crippen molar-refractivity contribution in [2.75, 3.05) is 6.61 Å².